The van der Waals surface area contributed by atoms with Gasteiger partial charge in [0.1, 0.15) is 17.6 Å². The zero-order chi connectivity index (χ0) is 35.8. The highest BCUT2D eigenvalue weighted by Gasteiger charge is 2.68. The number of carbonyl (C=O) groups excluding carboxylic acids is 1. The summed E-state index contributed by atoms with van der Waals surface area (Å²) in [5.41, 5.74) is -2.21. The van der Waals surface area contributed by atoms with Gasteiger partial charge in [0.25, 0.3) is 5.56 Å². The van der Waals surface area contributed by atoms with E-state index in [1.165, 1.54) is 22.9 Å². The SMILES string of the molecule is CC[C@H](NC(=O)[C@@H]1CC(C(C(=O)O)C(C)(C)C)c2ncc(NCc3cccc(C(F)(F)F)c3)c(=O)n21)B1O[C@@H]2C[C@@H]3C[C@@H](C3(C)C)[C@]2(C)O1. The van der Waals surface area contributed by atoms with Gasteiger partial charge in [-0.2, -0.15) is 13.2 Å². The molecule has 3 aliphatic carbocycles. The maximum absolute atomic E-state index is 14.2. The van der Waals surface area contributed by atoms with E-state index in [4.69, 9.17) is 9.31 Å². The zero-order valence-corrected chi connectivity index (χ0v) is 29.1. The number of aromatic nitrogens is 2. The summed E-state index contributed by atoms with van der Waals surface area (Å²) in [5.74, 6) is -2.73. The van der Waals surface area contributed by atoms with Crippen LogP contribution in [-0.2, 0) is 31.6 Å². The van der Waals surface area contributed by atoms with Gasteiger partial charge in [0, 0.05) is 12.5 Å². The highest BCUT2D eigenvalue weighted by Crippen LogP contribution is 2.65. The average molecular weight is 687 g/mol. The molecular formula is C35H46BF3N4O6. The Balaban J connectivity index is 1.28. The summed E-state index contributed by atoms with van der Waals surface area (Å²) < 4.78 is 54.2. The molecule has 0 spiro atoms. The van der Waals surface area contributed by atoms with Gasteiger partial charge >= 0.3 is 19.3 Å². The lowest BCUT2D eigenvalue weighted by Gasteiger charge is -2.64. The molecule has 49 heavy (non-hydrogen) atoms. The first-order valence-corrected chi connectivity index (χ1v) is 17.1. The van der Waals surface area contributed by atoms with Crippen LogP contribution >= 0.6 is 0 Å². The lowest BCUT2D eigenvalue weighted by atomic mass is 9.43. The van der Waals surface area contributed by atoms with Crippen LogP contribution in [0.15, 0.2) is 35.3 Å². The van der Waals surface area contributed by atoms with Crippen molar-refractivity contribution in [2.45, 2.75) is 116 Å². The highest BCUT2D eigenvalue weighted by molar-refractivity contribution is 6.47. The molecule has 266 valence electrons. The quantitative estimate of drug-likeness (QED) is 0.282. The summed E-state index contributed by atoms with van der Waals surface area (Å²) >= 11 is 0. The Morgan fingerprint density at radius 2 is 1.88 bits per heavy atom. The van der Waals surface area contributed by atoms with Crippen molar-refractivity contribution in [3.63, 3.8) is 0 Å². The predicted molar refractivity (Wildman–Crippen MR) is 177 cm³/mol. The van der Waals surface area contributed by atoms with E-state index in [-0.39, 0.29) is 36.0 Å². The monoisotopic (exact) mass is 686 g/mol. The van der Waals surface area contributed by atoms with Crippen LogP contribution in [0.4, 0.5) is 18.9 Å². The normalized spacial score (nSPS) is 29.8. The van der Waals surface area contributed by atoms with E-state index < -0.39 is 71.1 Å². The molecular weight excluding hydrogens is 640 g/mol. The topological polar surface area (TPSA) is 132 Å². The number of nitrogens with zero attached hydrogens (tertiary/aromatic N) is 2. The van der Waals surface area contributed by atoms with Crippen molar-refractivity contribution >= 4 is 24.7 Å². The summed E-state index contributed by atoms with van der Waals surface area (Å²) in [7, 11) is -0.688. The number of aliphatic carboxylic acids is 1. The number of alkyl halides is 3. The molecule has 2 bridgehead atoms. The van der Waals surface area contributed by atoms with E-state index in [0.29, 0.717) is 23.8 Å². The number of benzene rings is 1. The van der Waals surface area contributed by atoms with Gasteiger partial charge in [0.2, 0.25) is 5.91 Å². The molecule has 5 aliphatic rings. The number of hydrogen-bond acceptors (Lipinski definition) is 7. The summed E-state index contributed by atoms with van der Waals surface area (Å²) in [5, 5.41) is 16.3. The third kappa shape index (κ3) is 6.06. The maximum atomic E-state index is 14.2. The molecule has 1 amide bonds. The number of halogens is 3. The van der Waals surface area contributed by atoms with Gasteiger partial charge in [-0.3, -0.25) is 19.0 Å². The van der Waals surface area contributed by atoms with Gasteiger partial charge in [0.05, 0.1) is 35.3 Å². The maximum Gasteiger partial charge on any atom is 0.481 e. The Hall–Kier alpha value is -3.39. The molecule has 3 heterocycles. The standard InChI is InChI=1S/C35H46BF3N4O6/c1-8-26(36-48-25-14-20-13-24(33(20,5)6)34(25,7)49-36)42-29(44)23-15-21(27(31(46)47)32(2,3)4)28-41-17-22(30(45)43(23)28)40-16-18-10-9-11-19(12-18)35(37,38)39/h9-12,17,20-21,23-27,40H,8,13-16H2,1-7H3,(H,42,44)(H,46,47)/t20-,21?,23-,24-,25+,26-,27?,34-/m0/s1. The van der Waals surface area contributed by atoms with Crippen molar-refractivity contribution in [3.05, 3.63) is 57.8 Å². The van der Waals surface area contributed by atoms with Crippen LogP contribution in [0.2, 0.25) is 0 Å². The van der Waals surface area contributed by atoms with Gasteiger partial charge in [-0.05, 0) is 73.0 Å². The molecule has 2 unspecified atom stereocenters. The van der Waals surface area contributed by atoms with E-state index in [0.717, 1.165) is 25.0 Å². The third-order valence-electron chi connectivity index (χ3n) is 11.8. The van der Waals surface area contributed by atoms with E-state index in [1.54, 1.807) is 20.8 Å². The predicted octanol–water partition coefficient (Wildman–Crippen LogP) is 5.81. The minimum absolute atomic E-state index is 0.0182. The van der Waals surface area contributed by atoms with Gasteiger partial charge in [-0.1, -0.05) is 53.7 Å². The Bertz CT molecular complexity index is 1690. The first-order chi connectivity index (χ1) is 22.8. The minimum Gasteiger partial charge on any atom is -0.481 e. The van der Waals surface area contributed by atoms with Gasteiger partial charge in [-0.25, -0.2) is 4.98 Å². The first-order valence-electron chi connectivity index (χ1n) is 17.1. The van der Waals surface area contributed by atoms with Crippen molar-refractivity contribution in [3.8, 4) is 0 Å². The van der Waals surface area contributed by atoms with Gasteiger partial charge in [0.15, 0.2) is 0 Å². The molecule has 3 saturated carbocycles. The summed E-state index contributed by atoms with van der Waals surface area (Å²) in [4.78, 5) is 45.3. The molecule has 1 aromatic heterocycles. The Morgan fingerprint density at radius 1 is 1.16 bits per heavy atom. The van der Waals surface area contributed by atoms with Crippen LogP contribution in [0.5, 0.6) is 0 Å². The molecule has 14 heteroatoms. The number of anilines is 1. The first kappa shape index (κ1) is 35.4. The van der Waals surface area contributed by atoms with Crippen molar-refractivity contribution in [2.24, 2.45) is 28.6 Å². The van der Waals surface area contributed by atoms with Crippen LogP contribution in [0, 0.1) is 28.6 Å². The Morgan fingerprint density at radius 3 is 2.49 bits per heavy atom. The van der Waals surface area contributed by atoms with Crippen molar-refractivity contribution in [1.29, 1.82) is 0 Å². The largest absolute Gasteiger partial charge is 0.481 e. The lowest BCUT2D eigenvalue weighted by molar-refractivity contribution is -0.199. The second-order valence-electron chi connectivity index (χ2n) is 16.2. The molecule has 10 nitrogen and oxygen atoms in total. The number of hydrogen-bond donors (Lipinski definition) is 3. The third-order valence-corrected chi connectivity index (χ3v) is 11.8. The van der Waals surface area contributed by atoms with Crippen LogP contribution in [-0.4, -0.2) is 51.3 Å². The van der Waals surface area contributed by atoms with E-state index in [9.17, 15) is 32.7 Å². The fourth-order valence-corrected chi connectivity index (χ4v) is 9.05. The van der Waals surface area contributed by atoms with Gasteiger partial charge < -0.3 is 25.0 Å². The van der Waals surface area contributed by atoms with Crippen LogP contribution in [0.25, 0.3) is 0 Å². The number of carboxylic acid groups (broad SMARTS) is 1. The molecule has 3 N–H and O–H groups in total. The summed E-state index contributed by atoms with van der Waals surface area (Å²) in [6, 6.07) is 3.68. The molecule has 1 aromatic carbocycles. The van der Waals surface area contributed by atoms with Crippen molar-refractivity contribution in [1.82, 2.24) is 14.9 Å². The Labute approximate surface area is 284 Å². The number of carbonyl (C=O) groups is 2. The number of rotatable bonds is 9. The zero-order valence-electron chi connectivity index (χ0n) is 29.1. The number of nitrogens with one attached hydrogen (secondary N) is 2. The van der Waals surface area contributed by atoms with Crippen LogP contribution in [0.1, 0.15) is 103 Å². The number of fused-ring (bicyclic) bond motifs is 1. The minimum atomic E-state index is -4.52. The second kappa shape index (κ2) is 12.1. The van der Waals surface area contributed by atoms with Crippen molar-refractivity contribution in [2.75, 3.05) is 5.32 Å². The highest BCUT2D eigenvalue weighted by atomic mass is 19.4. The molecule has 8 atom stereocenters. The smallest absolute Gasteiger partial charge is 0.481 e. The molecule has 4 fully saturated rings. The molecule has 2 aliphatic heterocycles. The van der Waals surface area contributed by atoms with E-state index in [2.05, 4.69) is 36.4 Å². The molecule has 0 radical (unpaired) electrons. The summed E-state index contributed by atoms with van der Waals surface area (Å²) in [6.45, 7) is 13.8. The van der Waals surface area contributed by atoms with Crippen LogP contribution < -0.4 is 16.2 Å². The summed E-state index contributed by atoms with van der Waals surface area (Å²) in [6.07, 6.45) is -0.854. The van der Waals surface area contributed by atoms with Gasteiger partial charge in [-0.15, -0.1) is 0 Å². The lowest BCUT2D eigenvalue weighted by Crippen LogP contribution is -2.65. The molecule has 2 aromatic rings. The fourth-order valence-electron chi connectivity index (χ4n) is 9.05. The van der Waals surface area contributed by atoms with E-state index in [1.807, 2.05) is 6.92 Å². The van der Waals surface area contributed by atoms with Crippen molar-refractivity contribution < 1.29 is 37.2 Å². The average Bonchev–Trinajstić information content (AvgIpc) is 3.56. The Kier molecular flexibility index (Phi) is 8.78. The molecule has 1 saturated heterocycles. The second-order valence-corrected chi connectivity index (χ2v) is 16.2. The number of amides is 1. The van der Waals surface area contributed by atoms with E-state index >= 15 is 0 Å². The van der Waals surface area contributed by atoms with Crippen LogP contribution in [0.3, 0.4) is 0 Å². The molecule has 7 rings (SSSR count). The number of carboxylic acids is 1. The fraction of sp³-hybridized carbons (Fsp3) is 0.657.